The standard InChI is InChI=1S/C29H46O9/c1-10-15(2)26(33)37-24-22(32)17(4)35-27(25(24)36-18(5)30)38-28(6,7)19-13-14-29(8)20(31)12-11-16(3)21(29)23(19)34-9/h10,17,19-25,27,31-32H,3,11-14H2,1-2,4-9H3/b15-10+/t17-,19-,20-,21-,22+,23+,24+,25-,27+,29+/m1/s1. The van der Waals surface area contributed by atoms with Crippen LogP contribution in [-0.4, -0.2) is 77.8 Å². The lowest BCUT2D eigenvalue weighted by atomic mass is 9.53. The van der Waals surface area contributed by atoms with Crippen molar-refractivity contribution in [3.63, 3.8) is 0 Å². The Morgan fingerprint density at radius 1 is 1.13 bits per heavy atom. The highest BCUT2D eigenvalue weighted by Gasteiger charge is 2.58. The summed E-state index contributed by atoms with van der Waals surface area (Å²) in [5.41, 5.74) is 0.245. The second-order valence-corrected chi connectivity index (χ2v) is 11.9. The van der Waals surface area contributed by atoms with Crippen LogP contribution in [0.5, 0.6) is 0 Å². The van der Waals surface area contributed by atoms with E-state index < -0.39 is 54.3 Å². The van der Waals surface area contributed by atoms with E-state index in [-0.39, 0.29) is 23.4 Å². The Kier molecular flexibility index (Phi) is 9.52. The number of aliphatic hydroxyl groups is 2. The van der Waals surface area contributed by atoms with Crippen LogP contribution in [0.3, 0.4) is 0 Å². The second-order valence-electron chi connectivity index (χ2n) is 11.9. The molecule has 0 aromatic carbocycles. The summed E-state index contributed by atoms with van der Waals surface area (Å²) in [6.45, 7) is 16.5. The molecule has 38 heavy (non-hydrogen) atoms. The van der Waals surface area contributed by atoms with Gasteiger partial charge in [0, 0.05) is 36.9 Å². The van der Waals surface area contributed by atoms with Gasteiger partial charge in [0.15, 0.2) is 18.5 Å². The largest absolute Gasteiger partial charge is 0.453 e. The van der Waals surface area contributed by atoms with Crippen molar-refractivity contribution in [2.75, 3.05) is 7.11 Å². The Bertz CT molecular complexity index is 927. The molecule has 0 unspecified atom stereocenters. The third-order valence-corrected chi connectivity index (χ3v) is 9.01. The molecular formula is C29H46O9. The maximum atomic E-state index is 12.6. The first-order valence-corrected chi connectivity index (χ1v) is 13.6. The van der Waals surface area contributed by atoms with E-state index in [4.69, 9.17) is 23.7 Å². The number of esters is 2. The van der Waals surface area contributed by atoms with Crippen LogP contribution >= 0.6 is 0 Å². The summed E-state index contributed by atoms with van der Waals surface area (Å²) >= 11 is 0. The molecule has 1 saturated heterocycles. The van der Waals surface area contributed by atoms with Gasteiger partial charge in [-0.3, -0.25) is 4.79 Å². The topological polar surface area (TPSA) is 121 Å². The molecule has 3 aliphatic rings. The Balaban J connectivity index is 1.91. The molecule has 1 heterocycles. The highest BCUT2D eigenvalue weighted by atomic mass is 16.7. The average molecular weight is 539 g/mol. The summed E-state index contributed by atoms with van der Waals surface area (Å²) in [6.07, 6.45) is -1.64. The van der Waals surface area contributed by atoms with Gasteiger partial charge >= 0.3 is 11.9 Å². The number of hydrogen-bond acceptors (Lipinski definition) is 9. The molecule has 2 aliphatic carbocycles. The number of ether oxygens (including phenoxy) is 5. The summed E-state index contributed by atoms with van der Waals surface area (Å²) in [4.78, 5) is 24.7. The van der Waals surface area contributed by atoms with Crippen molar-refractivity contribution in [3.05, 3.63) is 23.8 Å². The van der Waals surface area contributed by atoms with Crippen LogP contribution in [0.4, 0.5) is 0 Å². The first-order chi connectivity index (χ1) is 17.7. The minimum absolute atomic E-state index is 0.0485. The van der Waals surface area contributed by atoms with Crippen LogP contribution in [0.2, 0.25) is 0 Å². The van der Waals surface area contributed by atoms with Crippen LogP contribution in [0, 0.1) is 17.3 Å². The fourth-order valence-corrected chi connectivity index (χ4v) is 6.57. The lowest BCUT2D eigenvalue weighted by molar-refractivity contribution is -0.331. The summed E-state index contributed by atoms with van der Waals surface area (Å²) in [5, 5.41) is 21.8. The van der Waals surface area contributed by atoms with Crippen LogP contribution in [-0.2, 0) is 33.3 Å². The van der Waals surface area contributed by atoms with Gasteiger partial charge in [-0.2, -0.15) is 0 Å². The minimum Gasteiger partial charge on any atom is -0.453 e. The van der Waals surface area contributed by atoms with E-state index in [2.05, 4.69) is 13.5 Å². The van der Waals surface area contributed by atoms with Gasteiger partial charge in [-0.15, -0.1) is 0 Å². The van der Waals surface area contributed by atoms with E-state index in [9.17, 15) is 19.8 Å². The number of carbonyl (C=O) groups excluding carboxylic acids is 2. The van der Waals surface area contributed by atoms with E-state index in [1.807, 2.05) is 13.8 Å². The fourth-order valence-electron chi connectivity index (χ4n) is 6.57. The van der Waals surface area contributed by atoms with Crippen molar-refractivity contribution in [1.29, 1.82) is 0 Å². The molecule has 2 N–H and O–H groups in total. The molecule has 0 radical (unpaired) electrons. The van der Waals surface area contributed by atoms with Gasteiger partial charge in [0.1, 0.15) is 6.10 Å². The molecule has 2 saturated carbocycles. The zero-order valence-electron chi connectivity index (χ0n) is 24.1. The van der Waals surface area contributed by atoms with E-state index in [0.29, 0.717) is 12.0 Å². The number of hydrogen-bond donors (Lipinski definition) is 2. The lowest BCUT2D eigenvalue weighted by Crippen LogP contribution is -2.63. The SMILES string of the molecule is C=C1CC[C@@H](O)[C@]2(C)CC[C@@H](C(C)(C)O[C@@H]3O[C@H](C)[C@H](O)[C@H](OC(=O)/C(C)=C/C)[C@H]3OC(C)=O)[C@H](OC)[C@@H]12. The van der Waals surface area contributed by atoms with Crippen LogP contribution in [0.25, 0.3) is 0 Å². The first-order valence-electron chi connectivity index (χ1n) is 13.6. The zero-order valence-corrected chi connectivity index (χ0v) is 24.1. The van der Waals surface area contributed by atoms with Crippen molar-refractivity contribution < 1.29 is 43.5 Å². The predicted molar refractivity (Wildman–Crippen MR) is 140 cm³/mol. The predicted octanol–water partition coefficient (Wildman–Crippen LogP) is 3.46. The summed E-state index contributed by atoms with van der Waals surface area (Å²) in [7, 11) is 1.67. The second kappa shape index (κ2) is 11.8. The molecule has 0 spiro atoms. The summed E-state index contributed by atoms with van der Waals surface area (Å²) < 4.78 is 29.8. The van der Waals surface area contributed by atoms with Crippen LogP contribution in [0.1, 0.15) is 74.1 Å². The van der Waals surface area contributed by atoms with Crippen molar-refractivity contribution in [1.82, 2.24) is 0 Å². The molecule has 0 amide bonds. The Morgan fingerprint density at radius 3 is 2.37 bits per heavy atom. The zero-order chi connectivity index (χ0) is 28.6. The van der Waals surface area contributed by atoms with E-state index in [1.54, 1.807) is 34.0 Å². The molecule has 9 nitrogen and oxygen atoms in total. The van der Waals surface area contributed by atoms with Gasteiger partial charge in [0.2, 0.25) is 0 Å². The molecule has 3 rings (SSSR count). The normalized spacial score (nSPS) is 40.3. The number of aliphatic hydroxyl groups excluding tert-OH is 2. The highest BCUT2D eigenvalue weighted by Crippen LogP contribution is 2.56. The maximum absolute atomic E-state index is 12.6. The molecule has 0 bridgehead atoms. The van der Waals surface area contributed by atoms with Crippen molar-refractivity contribution in [3.8, 4) is 0 Å². The smallest absolute Gasteiger partial charge is 0.333 e. The average Bonchev–Trinajstić information content (AvgIpc) is 2.85. The van der Waals surface area contributed by atoms with E-state index in [1.165, 1.54) is 6.92 Å². The number of methoxy groups -OCH3 is 1. The van der Waals surface area contributed by atoms with Crippen molar-refractivity contribution in [2.24, 2.45) is 17.3 Å². The van der Waals surface area contributed by atoms with Crippen molar-refractivity contribution in [2.45, 2.75) is 123 Å². The lowest BCUT2D eigenvalue weighted by Gasteiger charge is -2.57. The fraction of sp³-hybridized carbons (Fsp3) is 0.793. The summed E-state index contributed by atoms with van der Waals surface area (Å²) in [5.74, 6) is -1.40. The molecule has 3 fully saturated rings. The van der Waals surface area contributed by atoms with Crippen molar-refractivity contribution >= 4 is 11.9 Å². The Morgan fingerprint density at radius 2 is 1.79 bits per heavy atom. The minimum atomic E-state index is -1.23. The molecule has 1 aliphatic heterocycles. The molecule has 10 atom stereocenters. The van der Waals surface area contributed by atoms with Crippen LogP contribution in [0.15, 0.2) is 23.8 Å². The number of rotatable bonds is 7. The van der Waals surface area contributed by atoms with E-state index in [0.717, 1.165) is 24.8 Å². The van der Waals surface area contributed by atoms with Gasteiger partial charge in [-0.1, -0.05) is 25.2 Å². The molecular weight excluding hydrogens is 492 g/mol. The Labute approximate surface area is 226 Å². The summed E-state index contributed by atoms with van der Waals surface area (Å²) in [6, 6.07) is 0. The van der Waals surface area contributed by atoms with Gasteiger partial charge in [-0.05, 0) is 60.3 Å². The van der Waals surface area contributed by atoms with Gasteiger partial charge < -0.3 is 33.9 Å². The number of allylic oxidation sites excluding steroid dienone is 1. The monoisotopic (exact) mass is 538 g/mol. The maximum Gasteiger partial charge on any atom is 0.333 e. The molecule has 216 valence electrons. The molecule has 0 aromatic heterocycles. The number of fused-ring (bicyclic) bond motifs is 1. The number of carbonyl (C=O) groups is 2. The van der Waals surface area contributed by atoms with Crippen LogP contribution < -0.4 is 0 Å². The quantitative estimate of drug-likeness (QED) is 0.285. The van der Waals surface area contributed by atoms with Gasteiger partial charge in [-0.25, -0.2) is 4.79 Å². The molecule has 9 heteroatoms. The Hall–Kier alpha value is -1.78. The third-order valence-electron chi connectivity index (χ3n) is 9.01. The third kappa shape index (κ3) is 5.87. The van der Waals surface area contributed by atoms with E-state index >= 15 is 0 Å². The highest BCUT2D eigenvalue weighted by molar-refractivity contribution is 5.87. The van der Waals surface area contributed by atoms with Gasteiger partial charge in [0.05, 0.1) is 23.9 Å². The molecule has 0 aromatic rings. The first kappa shape index (κ1) is 30.8. The van der Waals surface area contributed by atoms with Gasteiger partial charge in [0.25, 0.3) is 0 Å².